The van der Waals surface area contributed by atoms with Crippen LogP contribution in [0.2, 0.25) is 0 Å². The first-order valence-electron chi connectivity index (χ1n) is 16.2. The normalized spacial score (nSPS) is 14.7. The van der Waals surface area contributed by atoms with Crippen LogP contribution >= 0.6 is 0 Å². The van der Waals surface area contributed by atoms with Gasteiger partial charge in [0.05, 0.1) is 27.6 Å². The SMILES string of the molecule is CC1C=Cc2c(n(-c3ccc(-n4c5ccccc5c5ccccc54)cc3)c3c2ccc2c4ccccc4n(-c4ccccc4)c23)C1. The monoisotopic (exact) mass is 589 g/mol. The zero-order chi connectivity index (χ0) is 30.4. The maximum absolute atomic E-state index is 2.56. The van der Waals surface area contributed by atoms with Gasteiger partial charge < -0.3 is 13.7 Å². The molecule has 10 rings (SSSR count). The topological polar surface area (TPSA) is 14.8 Å². The third kappa shape index (κ3) is 3.48. The maximum Gasteiger partial charge on any atom is 0.0788 e. The van der Waals surface area contributed by atoms with Crippen LogP contribution in [0, 0.1) is 5.92 Å². The van der Waals surface area contributed by atoms with Crippen LogP contribution in [0.4, 0.5) is 0 Å². The van der Waals surface area contributed by atoms with Crippen molar-refractivity contribution in [3.63, 3.8) is 0 Å². The summed E-state index contributed by atoms with van der Waals surface area (Å²) in [5.41, 5.74) is 12.5. The van der Waals surface area contributed by atoms with Crippen LogP contribution in [0.1, 0.15) is 18.2 Å². The van der Waals surface area contributed by atoms with E-state index in [0.717, 1.165) is 6.42 Å². The Morgan fingerprint density at radius 1 is 0.435 bits per heavy atom. The van der Waals surface area contributed by atoms with Crippen LogP contribution < -0.4 is 0 Å². The molecule has 1 aliphatic rings. The average molecular weight is 590 g/mol. The van der Waals surface area contributed by atoms with Gasteiger partial charge in [-0.2, -0.15) is 0 Å². The molecule has 3 nitrogen and oxygen atoms in total. The molecule has 218 valence electrons. The molecule has 0 N–H and O–H groups in total. The lowest BCUT2D eigenvalue weighted by Crippen LogP contribution is -2.09. The first-order valence-corrected chi connectivity index (χ1v) is 16.2. The predicted molar refractivity (Wildman–Crippen MR) is 194 cm³/mol. The molecule has 0 bridgehead atoms. The summed E-state index contributed by atoms with van der Waals surface area (Å²) in [5.74, 6) is 0.475. The number of aromatic nitrogens is 3. The molecule has 1 unspecified atom stereocenters. The van der Waals surface area contributed by atoms with Crippen LogP contribution in [0.5, 0.6) is 0 Å². The van der Waals surface area contributed by atoms with Crippen molar-refractivity contribution < 1.29 is 0 Å². The van der Waals surface area contributed by atoms with Gasteiger partial charge in [-0.1, -0.05) is 104 Å². The molecule has 0 fully saturated rings. The maximum atomic E-state index is 2.56. The van der Waals surface area contributed by atoms with Gasteiger partial charge in [-0.3, -0.25) is 0 Å². The van der Waals surface area contributed by atoms with Crippen LogP contribution in [0.15, 0.2) is 146 Å². The van der Waals surface area contributed by atoms with E-state index in [1.54, 1.807) is 0 Å². The Hall–Kier alpha value is -5.80. The molecule has 1 atom stereocenters. The van der Waals surface area contributed by atoms with Crippen molar-refractivity contribution in [2.24, 2.45) is 5.92 Å². The molecule has 3 heteroatoms. The van der Waals surface area contributed by atoms with Crippen LogP contribution in [0.3, 0.4) is 0 Å². The van der Waals surface area contributed by atoms with Crippen molar-refractivity contribution in [1.82, 2.24) is 13.7 Å². The Labute approximate surface area is 266 Å². The van der Waals surface area contributed by atoms with Crippen LogP contribution in [-0.4, -0.2) is 13.7 Å². The van der Waals surface area contributed by atoms with Crippen molar-refractivity contribution in [2.45, 2.75) is 13.3 Å². The number of rotatable bonds is 3. The van der Waals surface area contributed by atoms with E-state index >= 15 is 0 Å². The zero-order valence-electron chi connectivity index (χ0n) is 25.6. The highest BCUT2D eigenvalue weighted by molar-refractivity contribution is 6.19. The second-order valence-corrected chi connectivity index (χ2v) is 12.7. The van der Waals surface area contributed by atoms with E-state index in [4.69, 9.17) is 0 Å². The summed E-state index contributed by atoms with van der Waals surface area (Å²) in [7, 11) is 0. The van der Waals surface area contributed by atoms with Gasteiger partial charge in [-0.15, -0.1) is 0 Å². The summed E-state index contributed by atoms with van der Waals surface area (Å²) in [6.07, 6.45) is 5.73. The molecule has 3 heterocycles. The highest BCUT2D eigenvalue weighted by Gasteiger charge is 2.25. The predicted octanol–water partition coefficient (Wildman–Crippen LogP) is 11.0. The molecule has 0 radical (unpaired) electrons. The Morgan fingerprint density at radius 2 is 0.913 bits per heavy atom. The number of fused-ring (bicyclic) bond motifs is 10. The lowest BCUT2D eigenvalue weighted by atomic mass is 9.94. The smallest absolute Gasteiger partial charge is 0.0788 e. The summed E-state index contributed by atoms with van der Waals surface area (Å²) < 4.78 is 7.42. The van der Waals surface area contributed by atoms with Gasteiger partial charge in [0, 0.05) is 55.3 Å². The standard InChI is InChI=1S/C43H31N3/c1-28-19-24-35-37-26-25-36-34-15-7-10-18-40(34)45(29-11-3-2-4-12-29)42(36)43(37)46(41(35)27-28)31-22-20-30(21-23-31)44-38-16-8-5-13-32(38)33-14-6-9-17-39(33)44/h2-26,28H,27H2,1H3. The molecule has 0 spiro atoms. The first-order chi connectivity index (χ1) is 22.8. The molecule has 46 heavy (non-hydrogen) atoms. The first kappa shape index (κ1) is 25.5. The second kappa shape index (κ2) is 9.60. The number of nitrogens with zero attached hydrogens (tertiary/aromatic N) is 3. The van der Waals surface area contributed by atoms with Crippen LogP contribution in [0.25, 0.3) is 77.7 Å². The lowest BCUT2D eigenvalue weighted by Gasteiger charge is -2.18. The van der Waals surface area contributed by atoms with Crippen molar-refractivity contribution >= 4 is 60.6 Å². The van der Waals surface area contributed by atoms with E-state index in [1.165, 1.54) is 82.8 Å². The van der Waals surface area contributed by atoms with Crippen molar-refractivity contribution in [3.05, 3.63) is 157 Å². The molecule has 3 aromatic heterocycles. The average Bonchev–Trinajstić information content (AvgIpc) is 3.74. The van der Waals surface area contributed by atoms with E-state index < -0.39 is 0 Å². The molecular weight excluding hydrogens is 558 g/mol. The molecular formula is C43H31N3. The fraction of sp³-hybridized carbons (Fsp3) is 0.0698. The van der Waals surface area contributed by atoms with E-state index in [1.807, 2.05) is 0 Å². The van der Waals surface area contributed by atoms with E-state index in [9.17, 15) is 0 Å². The summed E-state index contributed by atoms with van der Waals surface area (Å²) in [6.45, 7) is 2.32. The van der Waals surface area contributed by atoms with Crippen LogP contribution in [-0.2, 0) is 6.42 Å². The van der Waals surface area contributed by atoms with Gasteiger partial charge in [0.1, 0.15) is 0 Å². The molecule has 0 aliphatic heterocycles. The minimum Gasteiger partial charge on any atom is -0.311 e. The summed E-state index contributed by atoms with van der Waals surface area (Å²) in [6, 6.07) is 51.0. The summed E-state index contributed by atoms with van der Waals surface area (Å²) in [5, 5.41) is 6.42. The van der Waals surface area contributed by atoms with Gasteiger partial charge in [0.2, 0.25) is 0 Å². The molecule has 9 aromatic rings. The zero-order valence-corrected chi connectivity index (χ0v) is 25.6. The number of allylic oxidation sites excluding steroid dienone is 1. The third-order valence-corrected chi connectivity index (χ3v) is 9.97. The molecule has 0 saturated heterocycles. The van der Waals surface area contributed by atoms with Gasteiger partial charge in [0.15, 0.2) is 0 Å². The molecule has 1 aliphatic carbocycles. The van der Waals surface area contributed by atoms with Gasteiger partial charge in [-0.05, 0) is 66.9 Å². The quantitative estimate of drug-likeness (QED) is 0.195. The molecule has 0 amide bonds. The Kier molecular flexibility index (Phi) is 5.32. The third-order valence-electron chi connectivity index (χ3n) is 9.97. The fourth-order valence-electron chi connectivity index (χ4n) is 8.00. The van der Waals surface area contributed by atoms with Crippen molar-refractivity contribution in [1.29, 1.82) is 0 Å². The second-order valence-electron chi connectivity index (χ2n) is 12.7. The highest BCUT2D eigenvalue weighted by Crippen LogP contribution is 2.43. The largest absolute Gasteiger partial charge is 0.311 e. The summed E-state index contributed by atoms with van der Waals surface area (Å²) in [4.78, 5) is 0. The molecule has 0 saturated carbocycles. The lowest BCUT2D eigenvalue weighted by molar-refractivity contribution is 0.691. The number of hydrogen-bond acceptors (Lipinski definition) is 0. The number of benzene rings is 6. The number of hydrogen-bond donors (Lipinski definition) is 0. The van der Waals surface area contributed by atoms with Gasteiger partial charge in [0.25, 0.3) is 0 Å². The van der Waals surface area contributed by atoms with E-state index in [2.05, 4.69) is 172 Å². The van der Waals surface area contributed by atoms with Gasteiger partial charge >= 0.3 is 0 Å². The fourth-order valence-corrected chi connectivity index (χ4v) is 8.00. The van der Waals surface area contributed by atoms with E-state index in [-0.39, 0.29) is 0 Å². The Morgan fingerprint density at radius 3 is 1.57 bits per heavy atom. The van der Waals surface area contributed by atoms with E-state index in [0.29, 0.717) is 5.92 Å². The Bertz CT molecular complexity index is 2610. The van der Waals surface area contributed by atoms with Crippen molar-refractivity contribution in [2.75, 3.05) is 0 Å². The minimum atomic E-state index is 0.475. The minimum absolute atomic E-state index is 0.475. The summed E-state index contributed by atoms with van der Waals surface area (Å²) >= 11 is 0. The number of para-hydroxylation sites is 4. The molecule has 6 aromatic carbocycles. The van der Waals surface area contributed by atoms with Gasteiger partial charge in [-0.25, -0.2) is 0 Å². The van der Waals surface area contributed by atoms with Crippen molar-refractivity contribution in [3.8, 4) is 17.1 Å². The Balaban J connectivity index is 1.28. The highest BCUT2D eigenvalue weighted by atomic mass is 15.1.